The molecule has 0 saturated heterocycles. The molecule has 0 unspecified atom stereocenters. The van der Waals surface area contributed by atoms with Crippen LogP contribution < -0.4 is 5.32 Å². The summed E-state index contributed by atoms with van der Waals surface area (Å²) >= 11 is 0. The van der Waals surface area contributed by atoms with Gasteiger partial charge in [-0.05, 0) is 38.5 Å². The van der Waals surface area contributed by atoms with Gasteiger partial charge in [0, 0.05) is 13.1 Å². The highest BCUT2D eigenvalue weighted by Gasteiger charge is 2.26. The lowest BCUT2D eigenvalue weighted by molar-refractivity contribution is -0.138. The Hall–Kier alpha value is -1.26. The smallest absolute Gasteiger partial charge is 0.325 e. The molecule has 98 valence electrons. The van der Waals surface area contributed by atoms with E-state index < -0.39 is 12.0 Å². The maximum atomic E-state index is 11.8. The Morgan fingerprint density at radius 3 is 2.29 bits per heavy atom. The van der Waals surface area contributed by atoms with Crippen molar-refractivity contribution >= 4 is 12.0 Å². The highest BCUT2D eigenvalue weighted by atomic mass is 16.4. The minimum Gasteiger partial charge on any atom is -0.480 e. The van der Waals surface area contributed by atoms with Crippen LogP contribution in [0.2, 0.25) is 0 Å². The molecule has 17 heavy (non-hydrogen) atoms. The molecule has 1 saturated carbocycles. The molecule has 0 heterocycles. The van der Waals surface area contributed by atoms with Crippen molar-refractivity contribution in [3.05, 3.63) is 0 Å². The highest BCUT2D eigenvalue weighted by molar-refractivity contribution is 5.82. The van der Waals surface area contributed by atoms with E-state index in [-0.39, 0.29) is 12.1 Å². The van der Waals surface area contributed by atoms with Crippen molar-refractivity contribution in [2.24, 2.45) is 5.92 Å². The fourth-order valence-corrected chi connectivity index (χ4v) is 2.14. The maximum absolute atomic E-state index is 11.8. The van der Waals surface area contributed by atoms with Gasteiger partial charge in [-0.25, -0.2) is 4.79 Å². The average molecular weight is 242 g/mol. The number of carboxylic acids is 1. The summed E-state index contributed by atoms with van der Waals surface area (Å²) < 4.78 is 0. The minimum atomic E-state index is -1.01. The standard InChI is InChI=1S/C12H22N2O3/c1-8-4-6-10(7-5-8)14(3)12(17)13-9(2)11(15)16/h8-10H,4-7H2,1-3H3,(H,13,17)(H,15,16)/t8?,9-,10?/m1/s1. The number of aliphatic carboxylic acids is 1. The number of nitrogens with one attached hydrogen (secondary N) is 1. The third-order valence-electron chi connectivity index (χ3n) is 3.56. The lowest BCUT2D eigenvalue weighted by atomic mass is 9.87. The Morgan fingerprint density at radius 2 is 1.82 bits per heavy atom. The van der Waals surface area contributed by atoms with Crippen molar-refractivity contribution in [1.82, 2.24) is 10.2 Å². The number of amides is 2. The number of carbonyl (C=O) groups is 2. The predicted molar refractivity (Wildman–Crippen MR) is 64.8 cm³/mol. The lowest BCUT2D eigenvalue weighted by Gasteiger charge is -2.33. The van der Waals surface area contributed by atoms with Gasteiger partial charge in [-0.2, -0.15) is 0 Å². The van der Waals surface area contributed by atoms with E-state index in [4.69, 9.17) is 5.11 Å². The molecule has 1 rings (SSSR count). The van der Waals surface area contributed by atoms with E-state index in [1.807, 2.05) is 0 Å². The van der Waals surface area contributed by atoms with E-state index in [2.05, 4.69) is 12.2 Å². The second-order valence-corrected chi connectivity index (χ2v) is 5.03. The molecule has 0 aliphatic heterocycles. The van der Waals surface area contributed by atoms with Crippen LogP contribution >= 0.6 is 0 Å². The first-order valence-electron chi connectivity index (χ1n) is 6.18. The van der Waals surface area contributed by atoms with E-state index in [1.54, 1.807) is 11.9 Å². The van der Waals surface area contributed by atoms with Crippen LogP contribution in [0.5, 0.6) is 0 Å². The molecule has 2 amide bonds. The SMILES string of the molecule is CC1CCC(N(C)C(=O)N[C@H](C)C(=O)O)CC1. The Kier molecular flexibility index (Phi) is 4.78. The lowest BCUT2D eigenvalue weighted by Crippen LogP contribution is -2.49. The maximum Gasteiger partial charge on any atom is 0.325 e. The van der Waals surface area contributed by atoms with Crippen LogP contribution in [0.1, 0.15) is 39.5 Å². The highest BCUT2D eigenvalue weighted by Crippen LogP contribution is 2.26. The van der Waals surface area contributed by atoms with Crippen LogP contribution in [0, 0.1) is 5.92 Å². The zero-order valence-corrected chi connectivity index (χ0v) is 10.8. The summed E-state index contributed by atoms with van der Waals surface area (Å²) in [7, 11) is 1.74. The van der Waals surface area contributed by atoms with Crippen molar-refractivity contribution < 1.29 is 14.7 Å². The molecule has 5 heteroatoms. The quantitative estimate of drug-likeness (QED) is 0.791. The zero-order valence-electron chi connectivity index (χ0n) is 10.8. The second-order valence-electron chi connectivity index (χ2n) is 5.03. The first-order valence-corrected chi connectivity index (χ1v) is 6.18. The number of urea groups is 1. The summed E-state index contributed by atoms with van der Waals surface area (Å²) in [6.07, 6.45) is 4.28. The van der Waals surface area contributed by atoms with Crippen LogP contribution in [0.3, 0.4) is 0 Å². The number of rotatable bonds is 3. The van der Waals surface area contributed by atoms with Gasteiger partial charge in [-0.1, -0.05) is 6.92 Å². The Labute approximate surface area is 102 Å². The van der Waals surface area contributed by atoms with E-state index in [1.165, 1.54) is 6.92 Å². The molecule has 0 aromatic rings. The van der Waals surface area contributed by atoms with E-state index >= 15 is 0 Å². The number of hydrogen-bond acceptors (Lipinski definition) is 2. The van der Waals surface area contributed by atoms with E-state index in [0.717, 1.165) is 31.6 Å². The summed E-state index contributed by atoms with van der Waals surface area (Å²) in [5.74, 6) is -0.273. The van der Waals surface area contributed by atoms with Gasteiger partial charge in [0.1, 0.15) is 6.04 Å². The molecule has 1 fully saturated rings. The molecule has 2 N–H and O–H groups in total. The number of nitrogens with zero attached hydrogens (tertiary/aromatic N) is 1. The van der Waals surface area contributed by atoms with Crippen LogP contribution in [0.4, 0.5) is 4.79 Å². The average Bonchev–Trinajstić information content (AvgIpc) is 2.28. The van der Waals surface area contributed by atoms with Gasteiger partial charge in [-0.15, -0.1) is 0 Å². The van der Waals surface area contributed by atoms with Gasteiger partial charge < -0.3 is 15.3 Å². The topological polar surface area (TPSA) is 69.6 Å². The molecular weight excluding hydrogens is 220 g/mol. The number of carboxylic acid groups (broad SMARTS) is 1. The Bertz CT molecular complexity index is 285. The Morgan fingerprint density at radius 1 is 1.29 bits per heavy atom. The van der Waals surface area contributed by atoms with E-state index in [9.17, 15) is 9.59 Å². The van der Waals surface area contributed by atoms with Crippen LogP contribution in [0.25, 0.3) is 0 Å². The molecule has 0 spiro atoms. The third-order valence-corrected chi connectivity index (χ3v) is 3.56. The first kappa shape index (κ1) is 13.8. The predicted octanol–water partition coefficient (Wildman–Crippen LogP) is 1.68. The molecule has 1 aliphatic rings. The second kappa shape index (κ2) is 5.89. The van der Waals surface area contributed by atoms with Crippen molar-refractivity contribution in [2.75, 3.05) is 7.05 Å². The Balaban J connectivity index is 2.43. The largest absolute Gasteiger partial charge is 0.480 e. The van der Waals surface area contributed by atoms with Gasteiger partial charge in [0.05, 0.1) is 0 Å². The van der Waals surface area contributed by atoms with Crippen molar-refractivity contribution in [2.45, 2.75) is 51.6 Å². The molecule has 0 aromatic heterocycles. The first-order chi connectivity index (χ1) is 7.91. The van der Waals surface area contributed by atoms with E-state index in [0.29, 0.717) is 0 Å². The number of hydrogen-bond donors (Lipinski definition) is 2. The third kappa shape index (κ3) is 3.91. The van der Waals surface area contributed by atoms with Crippen LogP contribution in [-0.2, 0) is 4.79 Å². The normalized spacial score (nSPS) is 26.1. The number of carbonyl (C=O) groups excluding carboxylic acids is 1. The monoisotopic (exact) mass is 242 g/mol. The molecular formula is C12H22N2O3. The van der Waals surface area contributed by atoms with Gasteiger partial charge in [0.15, 0.2) is 0 Å². The molecule has 0 bridgehead atoms. The summed E-state index contributed by atoms with van der Waals surface area (Å²) in [5.41, 5.74) is 0. The molecule has 1 aliphatic carbocycles. The summed E-state index contributed by atoms with van der Waals surface area (Å²) in [6, 6.07) is -0.890. The molecule has 0 radical (unpaired) electrons. The van der Waals surface area contributed by atoms with Crippen molar-refractivity contribution in [3.63, 3.8) is 0 Å². The van der Waals surface area contributed by atoms with Gasteiger partial charge >= 0.3 is 12.0 Å². The summed E-state index contributed by atoms with van der Waals surface area (Å²) in [4.78, 5) is 24.1. The van der Waals surface area contributed by atoms with Gasteiger partial charge in [-0.3, -0.25) is 4.79 Å². The molecule has 1 atom stereocenters. The molecule has 0 aromatic carbocycles. The minimum absolute atomic E-state index is 0.243. The summed E-state index contributed by atoms with van der Waals surface area (Å²) in [5, 5.41) is 11.2. The zero-order chi connectivity index (χ0) is 13.0. The van der Waals surface area contributed by atoms with Crippen LogP contribution in [0.15, 0.2) is 0 Å². The van der Waals surface area contributed by atoms with Gasteiger partial charge in [0.25, 0.3) is 0 Å². The molecule has 5 nitrogen and oxygen atoms in total. The van der Waals surface area contributed by atoms with Gasteiger partial charge in [0.2, 0.25) is 0 Å². The fourth-order valence-electron chi connectivity index (χ4n) is 2.14. The van der Waals surface area contributed by atoms with Crippen molar-refractivity contribution in [1.29, 1.82) is 0 Å². The fraction of sp³-hybridized carbons (Fsp3) is 0.833. The van der Waals surface area contributed by atoms with Crippen LogP contribution in [-0.4, -0.2) is 41.1 Å². The van der Waals surface area contributed by atoms with Crippen molar-refractivity contribution in [3.8, 4) is 0 Å². The summed E-state index contributed by atoms with van der Waals surface area (Å²) in [6.45, 7) is 3.69.